The first kappa shape index (κ1) is 14.1. The Labute approximate surface area is 138 Å². The summed E-state index contributed by atoms with van der Waals surface area (Å²) in [5, 5.41) is 2.10. The molecule has 0 spiro atoms. The van der Waals surface area contributed by atoms with Gasteiger partial charge in [0.25, 0.3) is 0 Å². The minimum absolute atomic E-state index is 0.224. The summed E-state index contributed by atoms with van der Waals surface area (Å²) in [6.45, 7) is 1.11. The zero-order chi connectivity index (χ0) is 15.6. The Bertz CT molecular complexity index is 811. The maximum Gasteiger partial charge on any atom is 0.231 e. The Morgan fingerprint density at radius 2 is 2.30 bits per heavy atom. The third-order valence-corrected chi connectivity index (χ3v) is 4.75. The third kappa shape index (κ3) is 2.66. The Balaban J connectivity index is 1.65. The maximum atomic E-state index is 5.50. The van der Waals surface area contributed by atoms with Gasteiger partial charge in [-0.2, -0.15) is 0 Å². The van der Waals surface area contributed by atoms with Crippen LogP contribution in [-0.4, -0.2) is 23.5 Å². The fourth-order valence-corrected chi connectivity index (χ4v) is 3.39. The quantitative estimate of drug-likeness (QED) is 0.718. The molecule has 23 heavy (non-hydrogen) atoms. The monoisotopic (exact) mass is 328 g/mol. The van der Waals surface area contributed by atoms with Crippen molar-refractivity contribution >= 4 is 11.3 Å². The van der Waals surface area contributed by atoms with Crippen molar-refractivity contribution in [2.45, 2.75) is 13.0 Å². The van der Waals surface area contributed by atoms with Gasteiger partial charge >= 0.3 is 0 Å². The highest BCUT2D eigenvalue weighted by Crippen LogP contribution is 2.43. The maximum absolute atomic E-state index is 5.50. The molecule has 4 rings (SSSR count). The molecule has 0 fully saturated rings. The molecule has 3 aromatic rings. The van der Waals surface area contributed by atoms with Gasteiger partial charge in [0.2, 0.25) is 12.5 Å². The predicted octanol–water partition coefficient (Wildman–Crippen LogP) is 3.59. The molecule has 0 aliphatic carbocycles. The van der Waals surface area contributed by atoms with Crippen LogP contribution in [-0.2, 0) is 13.0 Å². The third-order valence-electron chi connectivity index (χ3n) is 3.81. The molecule has 3 heterocycles. The highest BCUT2D eigenvalue weighted by atomic mass is 32.1. The van der Waals surface area contributed by atoms with Crippen LogP contribution in [0.2, 0.25) is 0 Å². The standard InChI is InChI=1S/C17H16N2O3S/c1-20-14-9-12(10-15-16(14)22-11-21-15)17-18-5-7-19(17)6-4-13-3-2-8-23-13/h2-3,5,7-10H,4,6,11H2,1H3. The lowest BCUT2D eigenvalue weighted by Gasteiger charge is -2.10. The van der Waals surface area contributed by atoms with Gasteiger partial charge in [0.05, 0.1) is 7.11 Å². The van der Waals surface area contributed by atoms with E-state index in [4.69, 9.17) is 14.2 Å². The SMILES string of the molecule is COc1cc(-c2nccn2CCc2cccs2)cc2c1OCO2. The van der Waals surface area contributed by atoms with Crippen molar-refractivity contribution in [2.24, 2.45) is 0 Å². The highest BCUT2D eigenvalue weighted by molar-refractivity contribution is 7.09. The van der Waals surface area contributed by atoms with E-state index in [1.807, 2.05) is 24.5 Å². The number of rotatable bonds is 5. The Morgan fingerprint density at radius 3 is 3.13 bits per heavy atom. The topological polar surface area (TPSA) is 45.5 Å². The Hall–Kier alpha value is -2.47. The smallest absolute Gasteiger partial charge is 0.231 e. The molecule has 118 valence electrons. The lowest BCUT2D eigenvalue weighted by Crippen LogP contribution is -2.02. The van der Waals surface area contributed by atoms with Crippen molar-refractivity contribution in [3.63, 3.8) is 0 Å². The van der Waals surface area contributed by atoms with Gasteiger partial charge in [-0.3, -0.25) is 0 Å². The van der Waals surface area contributed by atoms with Crippen LogP contribution in [0.4, 0.5) is 0 Å². The van der Waals surface area contributed by atoms with E-state index in [2.05, 4.69) is 27.1 Å². The molecule has 6 heteroatoms. The first-order valence-electron chi connectivity index (χ1n) is 7.36. The lowest BCUT2D eigenvalue weighted by atomic mass is 10.1. The molecule has 1 aliphatic rings. The molecule has 0 bridgehead atoms. The second kappa shape index (κ2) is 5.96. The second-order valence-electron chi connectivity index (χ2n) is 5.19. The van der Waals surface area contributed by atoms with E-state index in [0.717, 1.165) is 24.4 Å². The fourth-order valence-electron chi connectivity index (χ4n) is 2.69. The molecule has 0 radical (unpaired) electrons. The average Bonchev–Trinajstić information content (AvgIpc) is 3.31. The summed E-state index contributed by atoms with van der Waals surface area (Å²) in [5.74, 6) is 2.93. The number of ether oxygens (including phenoxy) is 3. The van der Waals surface area contributed by atoms with Crippen LogP contribution in [0.1, 0.15) is 4.88 Å². The molecular formula is C17H16N2O3S. The van der Waals surface area contributed by atoms with Crippen LogP contribution in [0.25, 0.3) is 11.4 Å². The molecule has 5 nitrogen and oxygen atoms in total. The summed E-state index contributed by atoms with van der Waals surface area (Å²) in [6, 6.07) is 8.13. The van der Waals surface area contributed by atoms with Crippen molar-refractivity contribution in [2.75, 3.05) is 13.9 Å². The van der Waals surface area contributed by atoms with Gasteiger partial charge in [-0.1, -0.05) is 6.07 Å². The summed E-state index contributed by atoms with van der Waals surface area (Å²) in [5.41, 5.74) is 0.960. The minimum Gasteiger partial charge on any atom is -0.493 e. The van der Waals surface area contributed by atoms with E-state index >= 15 is 0 Å². The van der Waals surface area contributed by atoms with Crippen molar-refractivity contribution < 1.29 is 14.2 Å². The summed E-state index contributed by atoms with van der Waals surface area (Å²) < 4.78 is 18.5. The first-order chi connectivity index (χ1) is 11.3. The molecule has 0 N–H and O–H groups in total. The summed E-state index contributed by atoms with van der Waals surface area (Å²) in [6.07, 6.45) is 4.81. The van der Waals surface area contributed by atoms with E-state index in [-0.39, 0.29) is 6.79 Å². The molecule has 0 atom stereocenters. The number of methoxy groups -OCH3 is 1. The molecule has 0 unspecified atom stereocenters. The van der Waals surface area contributed by atoms with Crippen molar-refractivity contribution in [3.8, 4) is 28.6 Å². The van der Waals surface area contributed by atoms with Gasteiger partial charge in [0, 0.05) is 29.4 Å². The van der Waals surface area contributed by atoms with Crippen molar-refractivity contribution in [1.82, 2.24) is 9.55 Å². The molecule has 1 aliphatic heterocycles. The summed E-state index contributed by atoms with van der Waals surface area (Å²) >= 11 is 1.78. The molecule has 0 amide bonds. The van der Waals surface area contributed by atoms with Gasteiger partial charge < -0.3 is 18.8 Å². The van der Waals surface area contributed by atoms with Crippen molar-refractivity contribution in [3.05, 3.63) is 46.9 Å². The number of hydrogen-bond donors (Lipinski definition) is 0. The number of fused-ring (bicyclic) bond motifs is 1. The number of nitrogens with zero attached hydrogens (tertiary/aromatic N) is 2. The normalized spacial score (nSPS) is 12.6. The predicted molar refractivity (Wildman–Crippen MR) is 88.4 cm³/mol. The van der Waals surface area contributed by atoms with Crippen LogP contribution in [0, 0.1) is 0 Å². The van der Waals surface area contributed by atoms with Gasteiger partial charge in [-0.05, 0) is 30.0 Å². The fraction of sp³-hybridized carbons (Fsp3) is 0.235. The zero-order valence-electron chi connectivity index (χ0n) is 12.7. The first-order valence-corrected chi connectivity index (χ1v) is 8.24. The Kier molecular flexibility index (Phi) is 3.67. The van der Waals surface area contributed by atoms with Gasteiger partial charge in [-0.25, -0.2) is 4.98 Å². The average molecular weight is 328 g/mol. The molecule has 0 saturated carbocycles. The largest absolute Gasteiger partial charge is 0.493 e. The number of imidazole rings is 1. The van der Waals surface area contributed by atoms with E-state index < -0.39 is 0 Å². The Morgan fingerprint density at radius 1 is 1.35 bits per heavy atom. The second-order valence-corrected chi connectivity index (χ2v) is 6.22. The van der Waals surface area contributed by atoms with Crippen LogP contribution < -0.4 is 14.2 Å². The zero-order valence-corrected chi connectivity index (χ0v) is 13.5. The van der Waals surface area contributed by atoms with Crippen LogP contribution in [0.5, 0.6) is 17.2 Å². The lowest BCUT2D eigenvalue weighted by molar-refractivity contribution is 0.171. The molecular weight excluding hydrogens is 312 g/mol. The summed E-state index contributed by atoms with van der Waals surface area (Å²) in [7, 11) is 1.63. The van der Waals surface area contributed by atoms with Crippen LogP contribution in [0.15, 0.2) is 42.0 Å². The number of aromatic nitrogens is 2. The number of hydrogen-bond acceptors (Lipinski definition) is 5. The van der Waals surface area contributed by atoms with E-state index in [0.29, 0.717) is 17.2 Å². The highest BCUT2D eigenvalue weighted by Gasteiger charge is 2.21. The molecule has 0 saturated heterocycles. The van der Waals surface area contributed by atoms with Crippen LogP contribution >= 0.6 is 11.3 Å². The van der Waals surface area contributed by atoms with Crippen LogP contribution in [0.3, 0.4) is 0 Å². The minimum atomic E-state index is 0.224. The van der Waals surface area contributed by atoms with Gasteiger partial charge in [0.1, 0.15) is 5.82 Å². The van der Waals surface area contributed by atoms with E-state index in [1.54, 1.807) is 18.4 Å². The molecule has 1 aromatic carbocycles. The van der Waals surface area contributed by atoms with E-state index in [1.165, 1.54) is 4.88 Å². The number of thiophene rings is 1. The van der Waals surface area contributed by atoms with Gasteiger partial charge in [-0.15, -0.1) is 11.3 Å². The number of aryl methyl sites for hydroxylation is 2. The van der Waals surface area contributed by atoms with Crippen molar-refractivity contribution in [1.29, 1.82) is 0 Å². The summed E-state index contributed by atoms with van der Waals surface area (Å²) in [4.78, 5) is 5.87. The number of benzene rings is 1. The van der Waals surface area contributed by atoms with E-state index in [9.17, 15) is 0 Å². The van der Waals surface area contributed by atoms with Gasteiger partial charge in [0.15, 0.2) is 11.5 Å². The molecule has 2 aromatic heterocycles.